The largest absolute Gasteiger partial charge is 0.394 e. The summed E-state index contributed by atoms with van der Waals surface area (Å²) in [4.78, 5) is 19.8. The van der Waals surface area contributed by atoms with E-state index in [0.717, 1.165) is 22.0 Å². The quantitative estimate of drug-likeness (QED) is 0.489. The Balaban J connectivity index is 1.51. The zero-order chi connectivity index (χ0) is 18.6. The van der Waals surface area contributed by atoms with Crippen LogP contribution in [0.2, 0.25) is 0 Å². The molecule has 0 saturated heterocycles. The van der Waals surface area contributed by atoms with E-state index < -0.39 is 11.9 Å². The summed E-state index contributed by atoms with van der Waals surface area (Å²) in [6.07, 6.45) is 2.34. The fourth-order valence-electron chi connectivity index (χ4n) is 3.01. The molecule has 0 saturated carbocycles. The van der Waals surface area contributed by atoms with E-state index in [1.165, 1.54) is 0 Å². The lowest BCUT2D eigenvalue weighted by Crippen LogP contribution is -2.39. The second-order valence-electron chi connectivity index (χ2n) is 6.21. The average molecular weight is 362 g/mol. The van der Waals surface area contributed by atoms with E-state index in [1.807, 2.05) is 60.8 Å². The third kappa shape index (κ3) is 3.58. The summed E-state index contributed by atoms with van der Waals surface area (Å²) in [5.74, 6) is -0.303. The van der Waals surface area contributed by atoms with Gasteiger partial charge in [0.1, 0.15) is 0 Å². The second-order valence-corrected chi connectivity index (χ2v) is 6.21. The molecule has 1 unspecified atom stereocenters. The topological polar surface area (TPSA) is 104 Å². The molecule has 0 aliphatic heterocycles. The molecule has 4 rings (SSSR count). The minimum absolute atomic E-state index is 0.135. The van der Waals surface area contributed by atoms with Gasteiger partial charge in [-0.25, -0.2) is 0 Å². The molecule has 2 aromatic heterocycles. The fourth-order valence-corrected chi connectivity index (χ4v) is 3.01. The van der Waals surface area contributed by atoms with Gasteiger partial charge < -0.3 is 19.9 Å². The lowest BCUT2D eigenvalue weighted by atomic mass is 10.1. The van der Waals surface area contributed by atoms with Crippen molar-refractivity contribution in [2.45, 2.75) is 12.5 Å². The number of fused-ring (bicyclic) bond motifs is 1. The number of nitrogens with zero attached hydrogens (tertiary/aromatic N) is 2. The van der Waals surface area contributed by atoms with Gasteiger partial charge in [0.05, 0.1) is 12.6 Å². The molecule has 0 spiro atoms. The minimum Gasteiger partial charge on any atom is -0.394 e. The molecular weight excluding hydrogens is 344 g/mol. The molecule has 0 radical (unpaired) electrons. The number of aromatic amines is 1. The van der Waals surface area contributed by atoms with E-state index in [2.05, 4.69) is 20.4 Å². The number of amides is 1. The maximum atomic E-state index is 12.4. The van der Waals surface area contributed by atoms with Crippen molar-refractivity contribution in [3.63, 3.8) is 0 Å². The molecule has 27 heavy (non-hydrogen) atoms. The minimum atomic E-state index is -0.509. The van der Waals surface area contributed by atoms with Gasteiger partial charge in [-0.3, -0.25) is 4.79 Å². The van der Waals surface area contributed by atoms with Crippen LogP contribution in [0.1, 0.15) is 16.2 Å². The third-order valence-electron chi connectivity index (χ3n) is 4.34. The molecule has 136 valence electrons. The summed E-state index contributed by atoms with van der Waals surface area (Å²) >= 11 is 0. The number of H-pyrrole nitrogens is 1. The zero-order valence-corrected chi connectivity index (χ0v) is 14.4. The van der Waals surface area contributed by atoms with E-state index in [0.29, 0.717) is 12.2 Å². The first-order valence-electron chi connectivity index (χ1n) is 8.60. The van der Waals surface area contributed by atoms with Crippen LogP contribution in [0, 0.1) is 0 Å². The summed E-state index contributed by atoms with van der Waals surface area (Å²) in [5.41, 5.74) is 2.74. The SMILES string of the molecule is O=C(NC(CO)Cc1ccccc1)c1nc(-c2cccc3[nH]ccc23)no1. The average Bonchev–Trinajstić information content (AvgIpc) is 3.37. The van der Waals surface area contributed by atoms with Gasteiger partial charge in [0.2, 0.25) is 5.82 Å². The maximum Gasteiger partial charge on any atom is 0.316 e. The van der Waals surface area contributed by atoms with Crippen molar-refractivity contribution in [1.82, 2.24) is 20.4 Å². The lowest BCUT2D eigenvalue weighted by Gasteiger charge is -2.14. The van der Waals surface area contributed by atoms with E-state index >= 15 is 0 Å². The molecule has 0 aliphatic carbocycles. The van der Waals surface area contributed by atoms with Crippen molar-refractivity contribution in [1.29, 1.82) is 0 Å². The highest BCUT2D eigenvalue weighted by molar-refractivity contribution is 5.94. The number of carbonyl (C=O) groups is 1. The van der Waals surface area contributed by atoms with Crippen molar-refractivity contribution < 1.29 is 14.4 Å². The number of hydrogen-bond donors (Lipinski definition) is 3. The highest BCUT2D eigenvalue weighted by Crippen LogP contribution is 2.25. The van der Waals surface area contributed by atoms with Crippen LogP contribution in [0.5, 0.6) is 0 Å². The molecule has 1 amide bonds. The Kier molecular flexibility index (Phi) is 4.67. The lowest BCUT2D eigenvalue weighted by molar-refractivity contribution is 0.0872. The van der Waals surface area contributed by atoms with Gasteiger partial charge in [-0.2, -0.15) is 4.98 Å². The van der Waals surface area contributed by atoms with Gasteiger partial charge >= 0.3 is 11.8 Å². The highest BCUT2D eigenvalue weighted by Gasteiger charge is 2.20. The van der Waals surface area contributed by atoms with Crippen molar-refractivity contribution in [2.24, 2.45) is 0 Å². The molecule has 1 atom stereocenters. The van der Waals surface area contributed by atoms with E-state index in [1.54, 1.807) is 0 Å². The number of nitrogens with one attached hydrogen (secondary N) is 2. The number of aromatic nitrogens is 3. The van der Waals surface area contributed by atoms with Crippen LogP contribution in [0.4, 0.5) is 0 Å². The monoisotopic (exact) mass is 362 g/mol. The summed E-state index contributed by atoms with van der Waals surface area (Å²) in [6, 6.07) is 16.8. The van der Waals surface area contributed by atoms with Gasteiger partial charge in [0.25, 0.3) is 0 Å². The van der Waals surface area contributed by atoms with Crippen molar-refractivity contribution in [2.75, 3.05) is 6.61 Å². The number of aliphatic hydroxyl groups excluding tert-OH is 1. The summed E-state index contributed by atoms with van der Waals surface area (Å²) in [7, 11) is 0. The first-order valence-corrected chi connectivity index (χ1v) is 8.60. The summed E-state index contributed by atoms with van der Waals surface area (Å²) in [5, 5.41) is 17.2. The van der Waals surface area contributed by atoms with Crippen LogP contribution in [0.25, 0.3) is 22.3 Å². The number of rotatable bonds is 6. The molecule has 7 heteroatoms. The normalized spacial score (nSPS) is 12.2. The van der Waals surface area contributed by atoms with E-state index in [4.69, 9.17) is 4.52 Å². The molecular formula is C20H18N4O3. The van der Waals surface area contributed by atoms with Crippen LogP contribution < -0.4 is 5.32 Å². The molecule has 0 aliphatic rings. The number of hydrogen-bond acceptors (Lipinski definition) is 5. The van der Waals surface area contributed by atoms with Crippen LogP contribution in [0.15, 0.2) is 65.3 Å². The Hall–Kier alpha value is -3.45. The predicted molar refractivity (Wildman–Crippen MR) is 100 cm³/mol. The van der Waals surface area contributed by atoms with Gasteiger partial charge in [-0.05, 0) is 24.1 Å². The molecule has 3 N–H and O–H groups in total. The predicted octanol–water partition coefficient (Wildman–Crippen LogP) is 2.55. The number of aliphatic hydroxyl groups is 1. The number of carbonyl (C=O) groups excluding carboxylic acids is 1. The Labute approximate surface area is 155 Å². The zero-order valence-electron chi connectivity index (χ0n) is 14.4. The fraction of sp³-hybridized carbons (Fsp3) is 0.150. The van der Waals surface area contributed by atoms with Gasteiger partial charge in [0.15, 0.2) is 0 Å². The van der Waals surface area contributed by atoms with Crippen molar-refractivity contribution in [3.8, 4) is 11.4 Å². The molecule has 0 bridgehead atoms. The highest BCUT2D eigenvalue weighted by atomic mass is 16.5. The second kappa shape index (κ2) is 7.43. The molecule has 7 nitrogen and oxygen atoms in total. The van der Waals surface area contributed by atoms with Crippen LogP contribution in [0.3, 0.4) is 0 Å². The van der Waals surface area contributed by atoms with Gasteiger partial charge in [0, 0.05) is 22.7 Å². The molecule has 4 aromatic rings. The molecule has 2 aromatic carbocycles. The number of benzene rings is 2. The Morgan fingerprint density at radius 3 is 2.81 bits per heavy atom. The Morgan fingerprint density at radius 1 is 1.15 bits per heavy atom. The first-order chi connectivity index (χ1) is 13.2. The molecule has 2 heterocycles. The van der Waals surface area contributed by atoms with Crippen LogP contribution >= 0.6 is 0 Å². The summed E-state index contributed by atoms with van der Waals surface area (Å²) < 4.78 is 5.14. The molecule has 0 fully saturated rings. The summed E-state index contributed by atoms with van der Waals surface area (Å²) in [6.45, 7) is -0.190. The standard InChI is InChI=1S/C20H18N4O3/c25-12-14(11-13-5-2-1-3-6-13)22-19(26)20-23-18(24-27-20)16-7-4-8-17-15(16)9-10-21-17/h1-10,14,21,25H,11-12H2,(H,22,26). The van der Waals surface area contributed by atoms with Crippen molar-refractivity contribution >= 4 is 16.8 Å². The van der Waals surface area contributed by atoms with Crippen LogP contribution in [-0.4, -0.2) is 38.8 Å². The maximum absolute atomic E-state index is 12.4. The van der Waals surface area contributed by atoms with Crippen molar-refractivity contribution in [3.05, 3.63) is 72.2 Å². The third-order valence-corrected chi connectivity index (χ3v) is 4.34. The Morgan fingerprint density at radius 2 is 2.00 bits per heavy atom. The van der Waals surface area contributed by atoms with Gasteiger partial charge in [-0.1, -0.05) is 47.6 Å². The Bertz CT molecular complexity index is 1060. The first kappa shape index (κ1) is 17.0. The van der Waals surface area contributed by atoms with E-state index in [-0.39, 0.29) is 12.5 Å². The van der Waals surface area contributed by atoms with E-state index in [9.17, 15) is 9.90 Å². The van der Waals surface area contributed by atoms with Gasteiger partial charge in [-0.15, -0.1) is 0 Å². The smallest absolute Gasteiger partial charge is 0.316 e. The van der Waals surface area contributed by atoms with Crippen LogP contribution in [-0.2, 0) is 6.42 Å².